The molecule has 1 aliphatic heterocycles. The summed E-state index contributed by atoms with van der Waals surface area (Å²) in [6.45, 7) is 14.8. The molecule has 0 aliphatic carbocycles. The minimum absolute atomic E-state index is 0.00406. The van der Waals surface area contributed by atoms with Crippen LogP contribution in [0.5, 0.6) is 0 Å². The van der Waals surface area contributed by atoms with E-state index in [0.29, 0.717) is 5.28 Å². The molecule has 3 rings (SSSR count). The maximum Gasteiger partial charge on any atom is 0.412 e. The number of imidazole rings is 1. The van der Waals surface area contributed by atoms with Crippen molar-refractivity contribution in [1.82, 2.24) is 14.3 Å². The summed E-state index contributed by atoms with van der Waals surface area (Å²) in [5.74, 6) is 0.231. The van der Waals surface area contributed by atoms with E-state index in [1.165, 1.54) is 0 Å². The minimum Gasteiger partial charge on any atom is -0.445 e. The van der Waals surface area contributed by atoms with Crippen molar-refractivity contribution in [3.05, 3.63) is 35.2 Å². The molecule has 0 aromatic carbocycles. The van der Waals surface area contributed by atoms with Crippen LogP contribution in [0.2, 0.25) is 18.4 Å². The van der Waals surface area contributed by atoms with E-state index in [4.69, 9.17) is 20.8 Å². The highest BCUT2D eigenvalue weighted by atomic mass is 35.5. The van der Waals surface area contributed by atoms with Crippen molar-refractivity contribution in [1.29, 1.82) is 0 Å². The molecular formula is C20H30ClN3O3SSi. The number of carbonyl (C=O) groups excluding carboxylic acids is 1. The lowest BCUT2D eigenvalue weighted by Gasteiger charge is -2.36. The van der Waals surface area contributed by atoms with Crippen molar-refractivity contribution >= 4 is 42.9 Å². The molecule has 3 heterocycles. The first-order chi connectivity index (χ1) is 13.6. The van der Waals surface area contributed by atoms with Gasteiger partial charge in [-0.05, 0) is 36.5 Å². The van der Waals surface area contributed by atoms with Gasteiger partial charge in [0.25, 0.3) is 0 Å². The normalized spacial score (nSPS) is 22.6. The third kappa shape index (κ3) is 4.87. The predicted molar refractivity (Wildman–Crippen MR) is 120 cm³/mol. The zero-order chi connectivity index (χ0) is 21.3. The summed E-state index contributed by atoms with van der Waals surface area (Å²) in [5, 5.41) is 0.454. The fraction of sp³-hybridized carbons (Fsp3) is 0.600. The Morgan fingerprint density at radius 1 is 1.48 bits per heavy atom. The number of hydrogen-bond donors (Lipinski definition) is 0. The maximum absolute atomic E-state index is 13.0. The number of carbonyl (C=O) groups is 1. The lowest BCUT2D eigenvalue weighted by Crippen LogP contribution is -2.47. The number of aromatic nitrogens is 2. The Labute approximate surface area is 183 Å². The predicted octanol–water partition coefficient (Wildman–Crippen LogP) is 4.98. The van der Waals surface area contributed by atoms with Gasteiger partial charge in [-0.15, -0.1) is 11.3 Å². The van der Waals surface area contributed by atoms with Crippen molar-refractivity contribution in [2.75, 3.05) is 6.61 Å². The number of hydrogen-bond acceptors (Lipinski definition) is 5. The van der Waals surface area contributed by atoms with Gasteiger partial charge >= 0.3 is 6.09 Å². The van der Waals surface area contributed by atoms with Crippen molar-refractivity contribution in [3.63, 3.8) is 0 Å². The zero-order valence-corrected chi connectivity index (χ0v) is 20.4. The van der Waals surface area contributed by atoms with Gasteiger partial charge in [0.2, 0.25) is 5.28 Å². The molecule has 1 fully saturated rings. The Balaban J connectivity index is 1.92. The molecule has 6 nitrogen and oxygen atoms in total. The lowest BCUT2D eigenvalue weighted by atomic mass is 9.78. The lowest BCUT2D eigenvalue weighted by molar-refractivity contribution is -0.0130. The monoisotopic (exact) mass is 455 g/mol. The van der Waals surface area contributed by atoms with Gasteiger partial charge in [-0.2, -0.15) is 0 Å². The summed E-state index contributed by atoms with van der Waals surface area (Å²) in [5.41, 5.74) is 0.00930. The number of fused-ring (bicyclic) bond motifs is 1. The molecule has 0 bridgehead atoms. The van der Waals surface area contributed by atoms with E-state index in [9.17, 15) is 4.79 Å². The van der Waals surface area contributed by atoms with Crippen LogP contribution in [0, 0.1) is 11.3 Å². The third-order valence-corrected chi connectivity index (χ3v) is 7.41. The first kappa shape index (κ1) is 22.3. The van der Waals surface area contributed by atoms with Crippen molar-refractivity contribution in [2.45, 2.75) is 59.0 Å². The molecule has 1 unspecified atom stereocenters. The van der Waals surface area contributed by atoms with Crippen LogP contribution < -0.4 is 0 Å². The highest BCUT2D eigenvalue weighted by Gasteiger charge is 2.49. The van der Waals surface area contributed by atoms with Crippen LogP contribution in [0.15, 0.2) is 25.0 Å². The fourth-order valence-corrected chi connectivity index (χ4v) is 6.09. The largest absolute Gasteiger partial charge is 0.445 e. The Hall–Kier alpha value is -1.35. The zero-order valence-electron chi connectivity index (χ0n) is 17.7. The SMILES string of the molecule is C=CCOC(=O)N1C(O[SiH](C)C)[C@@H](C(C)(C)C)C[C@H]1Cc1cn2c(Cl)ncc2s1. The molecule has 1 amide bonds. The smallest absolute Gasteiger partial charge is 0.412 e. The standard InChI is InChI=1S/C20H30ClN3O3SSi/c1-7-8-26-19(25)24-13(9-14-12-23-16(28-14)11-22-18(23)21)10-15(20(2,3)4)17(24)27-29(5)6/h7,11-13,15,17,29H,1,8-10H2,2-6H3/t13-,15+,17?/m1/s1. The van der Waals surface area contributed by atoms with Gasteiger partial charge in [0, 0.05) is 29.5 Å². The summed E-state index contributed by atoms with van der Waals surface area (Å²) in [4.78, 5) is 21.1. The van der Waals surface area contributed by atoms with Crippen molar-refractivity contribution in [3.8, 4) is 0 Å². The van der Waals surface area contributed by atoms with Crippen LogP contribution in [0.3, 0.4) is 0 Å². The van der Waals surface area contributed by atoms with E-state index in [2.05, 4.69) is 45.4 Å². The summed E-state index contributed by atoms with van der Waals surface area (Å²) < 4.78 is 13.7. The number of ether oxygens (including phenoxy) is 1. The van der Waals surface area contributed by atoms with E-state index in [0.717, 1.165) is 22.5 Å². The van der Waals surface area contributed by atoms with Crippen molar-refractivity contribution < 1.29 is 14.0 Å². The molecule has 2 aromatic rings. The molecule has 2 aromatic heterocycles. The molecule has 0 spiro atoms. The van der Waals surface area contributed by atoms with Gasteiger partial charge in [0.15, 0.2) is 9.04 Å². The van der Waals surface area contributed by atoms with Gasteiger partial charge in [0.05, 0.1) is 6.20 Å². The molecule has 29 heavy (non-hydrogen) atoms. The van der Waals surface area contributed by atoms with Gasteiger partial charge in [-0.1, -0.05) is 33.4 Å². The molecule has 0 radical (unpaired) electrons. The summed E-state index contributed by atoms with van der Waals surface area (Å²) in [6.07, 6.45) is 6.39. The Morgan fingerprint density at radius 2 is 2.21 bits per heavy atom. The summed E-state index contributed by atoms with van der Waals surface area (Å²) >= 11 is 7.80. The van der Waals surface area contributed by atoms with Crippen LogP contribution in [-0.4, -0.2) is 48.3 Å². The van der Waals surface area contributed by atoms with Gasteiger partial charge in [-0.25, -0.2) is 9.78 Å². The first-order valence-electron chi connectivity index (χ1n) is 9.94. The molecule has 160 valence electrons. The minimum atomic E-state index is -1.37. The highest BCUT2D eigenvalue weighted by molar-refractivity contribution is 7.17. The molecule has 1 aliphatic rings. The van der Waals surface area contributed by atoms with E-state index in [1.54, 1.807) is 23.6 Å². The topological polar surface area (TPSA) is 56.1 Å². The average molecular weight is 456 g/mol. The number of nitrogens with zero attached hydrogens (tertiary/aromatic N) is 3. The Kier molecular flexibility index (Phi) is 6.77. The highest BCUT2D eigenvalue weighted by Crippen LogP contribution is 2.44. The van der Waals surface area contributed by atoms with Crippen LogP contribution in [-0.2, 0) is 15.6 Å². The van der Waals surface area contributed by atoms with E-state index < -0.39 is 9.04 Å². The molecule has 3 atom stereocenters. The van der Waals surface area contributed by atoms with E-state index in [1.807, 2.05) is 15.5 Å². The van der Waals surface area contributed by atoms with Gasteiger partial charge in [0.1, 0.15) is 17.7 Å². The van der Waals surface area contributed by atoms with E-state index in [-0.39, 0.29) is 36.3 Å². The van der Waals surface area contributed by atoms with E-state index >= 15 is 0 Å². The number of thiazole rings is 1. The molecule has 0 saturated carbocycles. The molecular weight excluding hydrogens is 426 g/mol. The summed E-state index contributed by atoms with van der Waals surface area (Å²) in [7, 11) is -1.37. The maximum atomic E-state index is 13.0. The molecule has 0 N–H and O–H groups in total. The first-order valence-corrected chi connectivity index (χ1v) is 13.9. The molecule has 9 heteroatoms. The van der Waals surface area contributed by atoms with Crippen LogP contribution in [0.25, 0.3) is 4.83 Å². The summed E-state index contributed by atoms with van der Waals surface area (Å²) in [6, 6.07) is 0.00406. The van der Waals surface area contributed by atoms with Crippen molar-refractivity contribution in [2.24, 2.45) is 11.3 Å². The number of likely N-dealkylation sites (tertiary alicyclic amines) is 1. The van der Waals surface area contributed by atoms with Gasteiger partial charge in [-0.3, -0.25) is 9.30 Å². The third-order valence-electron chi connectivity index (χ3n) is 5.26. The average Bonchev–Trinajstić information content (AvgIpc) is 3.27. The second-order valence-electron chi connectivity index (χ2n) is 8.85. The Bertz CT molecular complexity index is 876. The van der Waals surface area contributed by atoms with Crippen LogP contribution in [0.4, 0.5) is 4.79 Å². The molecule has 1 saturated heterocycles. The number of amides is 1. The fourth-order valence-electron chi connectivity index (χ4n) is 3.93. The van der Waals surface area contributed by atoms with Crippen LogP contribution >= 0.6 is 22.9 Å². The van der Waals surface area contributed by atoms with Gasteiger partial charge < -0.3 is 9.16 Å². The van der Waals surface area contributed by atoms with Crippen LogP contribution in [0.1, 0.15) is 32.1 Å². The number of rotatable bonds is 6. The quantitative estimate of drug-likeness (QED) is 0.455. The number of halogens is 1. The second kappa shape index (κ2) is 8.79. The second-order valence-corrected chi connectivity index (χ2v) is 12.7. The Morgan fingerprint density at radius 3 is 2.79 bits per heavy atom.